The van der Waals surface area contributed by atoms with E-state index < -0.39 is 11.7 Å². The fraction of sp³-hybridized carbons (Fsp3) is 0.652. The van der Waals surface area contributed by atoms with Crippen LogP contribution in [0.5, 0.6) is 6.01 Å². The molecule has 0 spiro atoms. The molecule has 0 aromatic carbocycles. The predicted octanol–water partition coefficient (Wildman–Crippen LogP) is 2.94. The van der Waals surface area contributed by atoms with Gasteiger partial charge in [-0.15, -0.1) is 5.48 Å². The van der Waals surface area contributed by atoms with E-state index in [4.69, 9.17) is 14.0 Å². The lowest BCUT2D eigenvalue weighted by atomic mass is 9.92. The number of carbonyl (C=O) groups excluding carboxylic acids is 1. The maximum absolute atomic E-state index is 12.7. The number of alkyl carbamates (subject to hydrolysis) is 1. The van der Waals surface area contributed by atoms with Crippen molar-refractivity contribution in [3.05, 3.63) is 32.4 Å². The van der Waals surface area contributed by atoms with Gasteiger partial charge in [-0.05, 0) is 56.9 Å². The summed E-state index contributed by atoms with van der Waals surface area (Å²) >= 11 is 0. The van der Waals surface area contributed by atoms with Crippen LogP contribution in [0.1, 0.15) is 70.3 Å². The van der Waals surface area contributed by atoms with Crippen molar-refractivity contribution in [1.29, 1.82) is 0 Å². The molecule has 4 rings (SSSR count). The van der Waals surface area contributed by atoms with Crippen LogP contribution in [0, 0.1) is 5.92 Å². The molecule has 2 aliphatic rings. The number of hydrogen-bond donors (Lipinski definition) is 3. The molecule has 0 unspecified atom stereocenters. The number of nitrogens with zero attached hydrogens (tertiary/aromatic N) is 1. The summed E-state index contributed by atoms with van der Waals surface area (Å²) in [6.07, 6.45) is 9.20. The van der Waals surface area contributed by atoms with Crippen LogP contribution in [0.4, 0.5) is 4.79 Å². The number of aryl methyl sites for hydroxylation is 1. The largest absolute Gasteiger partial charge is 0.450 e. The summed E-state index contributed by atoms with van der Waals surface area (Å²) < 4.78 is 10.1. The molecule has 2 fully saturated rings. The number of unbranched alkanes of at least 4 members (excludes halogenated alkanes) is 1. The van der Waals surface area contributed by atoms with E-state index in [2.05, 4.69) is 20.8 Å². The lowest BCUT2D eigenvalue weighted by Gasteiger charge is -2.28. The Kier molecular flexibility index (Phi) is 7.64. The zero-order valence-electron chi connectivity index (χ0n) is 19.0. The van der Waals surface area contributed by atoms with E-state index >= 15 is 0 Å². The highest BCUT2D eigenvalue weighted by Gasteiger charge is 2.24. The Morgan fingerprint density at radius 1 is 1.15 bits per heavy atom. The minimum absolute atomic E-state index is 0.0115. The number of carbonyl (C=O) groups is 1. The van der Waals surface area contributed by atoms with Gasteiger partial charge in [0.2, 0.25) is 5.71 Å². The van der Waals surface area contributed by atoms with Crippen LogP contribution in [0.25, 0.3) is 11.1 Å². The van der Waals surface area contributed by atoms with Crippen LogP contribution in [-0.2, 0) is 11.2 Å². The summed E-state index contributed by atoms with van der Waals surface area (Å²) in [5, 5.41) is 3.15. The minimum atomic E-state index is -0.524. The van der Waals surface area contributed by atoms with Crippen LogP contribution < -0.4 is 26.8 Å². The SMILES string of the molecule is CCOC(=O)NC1CCC(NOc2nc3oc(=O)cc(CCCCC4CC4)c3c(=O)[nH]2)CC1. The third-order valence-electron chi connectivity index (χ3n) is 6.33. The Labute approximate surface area is 191 Å². The monoisotopic (exact) mass is 460 g/mol. The summed E-state index contributed by atoms with van der Waals surface area (Å²) in [4.78, 5) is 48.6. The normalized spacial score (nSPS) is 20.5. The number of nitrogens with one attached hydrogen (secondary N) is 3. The number of rotatable bonds is 10. The van der Waals surface area contributed by atoms with Crippen molar-refractivity contribution in [2.75, 3.05) is 6.61 Å². The first-order valence-corrected chi connectivity index (χ1v) is 11.9. The second-order valence-electron chi connectivity index (χ2n) is 8.96. The Morgan fingerprint density at radius 3 is 2.64 bits per heavy atom. The van der Waals surface area contributed by atoms with Gasteiger partial charge in [0.25, 0.3) is 5.56 Å². The van der Waals surface area contributed by atoms with Crippen LogP contribution in [0.3, 0.4) is 0 Å². The molecule has 2 aromatic heterocycles. The van der Waals surface area contributed by atoms with Gasteiger partial charge in [-0.25, -0.2) is 9.59 Å². The van der Waals surface area contributed by atoms with Gasteiger partial charge in [0.1, 0.15) is 5.39 Å². The number of amides is 1. The Morgan fingerprint density at radius 2 is 1.91 bits per heavy atom. The van der Waals surface area contributed by atoms with E-state index in [-0.39, 0.29) is 29.4 Å². The lowest BCUT2D eigenvalue weighted by Crippen LogP contribution is -2.43. The topological polar surface area (TPSA) is 136 Å². The first-order chi connectivity index (χ1) is 16.0. The molecule has 3 N–H and O–H groups in total. The summed E-state index contributed by atoms with van der Waals surface area (Å²) in [6.45, 7) is 2.11. The van der Waals surface area contributed by atoms with Crippen molar-refractivity contribution in [1.82, 2.24) is 20.8 Å². The molecule has 1 amide bonds. The van der Waals surface area contributed by atoms with Gasteiger partial charge in [-0.3, -0.25) is 9.78 Å². The smallest absolute Gasteiger partial charge is 0.407 e. The second kappa shape index (κ2) is 10.8. The van der Waals surface area contributed by atoms with E-state index in [9.17, 15) is 14.4 Å². The van der Waals surface area contributed by atoms with Crippen LogP contribution in [0.2, 0.25) is 0 Å². The van der Waals surface area contributed by atoms with Crippen molar-refractivity contribution in [2.24, 2.45) is 5.92 Å². The fourth-order valence-corrected chi connectivity index (χ4v) is 4.36. The number of aromatic amines is 1. The molecule has 33 heavy (non-hydrogen) atoms. The molecule has 2 aromatic rings. The molecular formula is C23H32N4O6. The van der Waals surface area contributed by atoms with Crippen molar-refractivity contribution in [2.45, 2.75) is 83.2 Å². The summed E-state index contributed by atoms with van der Waals surface area (Å²) in [7, 11) is 0. The molecule has 2 saturated carbocycles. The molecule has 0 aliphatic heterocycles. The highest BCUT2D eigenvalue weighted by molar-refractivity contribution is 5.75. The highest BCUT2D eigenvalue weighted by Crippen LogP contribution is 2.34. The van der Waals surface area contributed by atoms with Gasteiger partial charge >= 0.3 is 17.7 Å². The molecule has 0 saturated heterocycles. The van der Waals surface area contributed by atoms with Crippen LogP contribution >= 0.6 is 0 Å². The van der Waals surface area contributed by atoms with Gasteiger partial charge < -0.3 is 19.3 Å². The van der Waals surface area contributed by atoms with Gasteiger partial charge in [0.15, 0.2) is 0 Å². The van der Waals surface area contributed by atoms with Crippen molar-refractivity contribution in [3.63, 3.8) is 0 Å². The number of hydrogen-bond acceptors (Lipinski definition) is 8. The molecule has 180 valence electrons. The summed E-state index contributed by atoms with van der Waals surface area (Å²) in [5.74, 6) is 0.865. The standard InChI is InChI=1S/C23H32N4O6/c1-2-31-23(30)24-16-9-11-17(12-10-16)27-33-22-25-20(29)19-15(6-4-3-5-14-7-8-14)13-18(28)32-21(19)26-22/h13-14,16-17,27H,2-12H2,1H3,(H,24,30)(H,25,26,29). The number of hydroxylamine groups is 1. The maximum atomic E-state index is 12.7. The van der Waals surface area contributed by atoms with E-state index in [0.717, 1.165) is 44.4 Å². The molecule has 2 heterocycles. The molecule has 10 heteroatoms. The first kappa shape index (κ1) is 23.3. The van der Waals surface area contributed by atoms with Crippen LogP contribution in [-0.4, -0.2) is 34.8 Å². The van der Waals surface area contributed by atoms with Crippen LogP contribution in [0.15, 0.2) is 20.1 Å². The maximum Gasteiger partial charge on any atom is 0.407 e. The third-order valence-corrected chi connectivity index (χ3v) is 6.33. The number of fused-ring (bicyclic) bond motifs is 1. The quantitative estimate of drug-likeness (QED) is 0.364. The molecular weight excluding hydrogens is 428 g/mol. The van der Waals surface area contributed by atoms with Gasteiger partial charge in [-0.1, -0.05) is 25.7 Å². The number of H-pyrrole nitrogens is 1. The summed E-state index contributed by atoms with van der Waals surface area (Å²) in [6, 6.07) is 1.44. The molecule has 2 aliphatic carbocycles. The predicted molar refractivity (Wildman–Crippen MR) is 121 cm³/mol. The molecule has 0 bridgehead atoms. The molecule has 10 nitrogen and oxygen atoms in total. The molecule has 0 atom stereocenters. The first-order valence-electron chi connectivity index (χ1n) is 11.9. The zero-order chi connectivity index (χ0) is 23.2. The minimum Gasteiger partial charge on any atom is -0.450 e. The van der Waals surface area contributed by atoms with E-state index in [1.807, 2.05) is 0 Å². The van der Waals surface area contributed by atoms with Gasteiger partial charge in [0, 0.05) is 18.2 Å². The van der Waals surface area contributed by atoms with E-state index in [1.54, 1.807) is 6.92 Å². The Hall–Kier alpha value is -2.88. The molecule has 0 radical (unpaired) electrons. The number of ether oxygens (including phenoxy) is 1. The third kappa shape index (κ3) is 6.56. The fourth-order valence-electron chi connectivity index (χ4n) is 4.36. The van der Waals surface area contributed by atoms with Gasteiger partial charge in [-0.2, -0.15) is 4.98 Å². The number of aromatic nitrogens is 2. The average Bonchev–Trinajstić information content (AvgIpc) is 3.60. The average molecular weight is 461 g/mol. The zero-order valence-corrected chi connectivity index (χ0v) is 19.0. The summed E-state index contributed by atoms with van der Waals surface area (Å²) in [5.41, 5.74) is 2.66. The highest BCUT2D eigenvalue weighted by atomic mass is 16.7. The second-order valence-corrected chi connectivity index (χ2v) is 8.96. The Balaban J connectivity index is 1.33. The van der Waals surface area contributed by atoms with E-state index in [0.29, 0.717) is 24.0 Å². The van der Waals surface area contributed by atoms with E-state index in [1.165, 1.54) is 25.3 Å². The van der Waals surface area contributed by atoms with Crippen molar-refractivity contribution in [3.8, 4) is 6.01 Å². The Bertz CT molecular complexity index is 1070. The van der Waals surface area contributed by atoms with Crippen molar-refractivity contribution >= 4 is 17.2 Å². The van der Waals surface area contributed by atoms with Gasteiger partial charge in [0.05, 0.1) is 6.61 Å². The van der Waals surface area contributed by atoms with Crippen molar-refractivity contribution < 1.29 is 18.8 Å². The lowest BCUT2D eigenvalue weighted by molar-refractivity contribution is 0.109.